The first-order chi connectivity index (χ1) is 5.33. The number of aliphatic carboxylic acids is 1. The molecule has 0 spiro atoms. The zero-order chi connectivity index (χ0) is 9.78. The van der Waals surface area contributed by atoms with Crippen LogP contribution in [0.1, 0.15) is 40.0 Å². The van der Waals surface area contributed by atoms with E-state index in [9.17, 15) is 4.79 Å². The standard InChI is InChI=1S/C9H19NO2/c1-9(2,3)6-4-5-7(10)8(11)12/h7H,4-6,10H2,1-3H3,(H,11,12)/t7-/m1/s1. The Morgan fingerprint density at radius 3 is 2.33 bits per heavy atom. The number of rotatable bonds is 4. The second kappa shape index (κ2) is 4.45. The molecule has 0 unspecified atom stereocenters. The van der Waals surface area contributed by atoms with Crippen molar-refractivity contribution in [2.45, 2.75) is 46.1 Å². The van der Waals surface area contributed by atoms with Gasteiger partial charge in [-0.15, -0.1) is 0 Å². The summed E-state index contributed by atoms with van der Waals surface area (Å²) in [6.45, 7) is 6.41. The number of carboxylic acid groups (broad SMARTS) is 1. The summed E-state index contributed by atoms with van der Waals surface area (Å²) >= 11 is 0. The first kappa shape index (κ1) is 11.4. The summed E-state index contributed by atoms with van der Waals surface area (Å²) in [5, 5.41) is 8.49. The molecule has 0 rings (SSSR count). The Bertz CT molecular complexity index is 149. The predicted octanol–water partition coefficient (Wildman–Crippen LogP) is 1.61. The van der Waals surface area contributed by atoms with Crippen LogP contribution in [0.4, 0.5) is 0 Å². The van der Waals surface area contributed by atoms with Crippen LogP contribution in [-0.2, 0) is 4.79 Å². The Morgan fingerprint density at radius 2 is 2.00 bits per heavy atom. The smallest absolute Gasteiger partial charge is 0.320 e. The normalized spacial score (nSPS) is 14.3. The third-order valence-corrected chi connectivity index (χ3v) is 1.76. The molecule has 0 radical (unpaired) electrons. The van der Waals surface area contributed by atoms with E-state index in [-0.39, 0.29) is 5.41 Å². The van der Waals surface area contributed by atoms with Crippen LogP contribution >= 0.6 is 0 Å². The molecule has 3 heteroatoms. The molecule has 0 bridgehead atoms. The molecule has 0 aliphatic rings. The first-order valence-electron chi connectivity index (χ1n) is 4.31. The van der Waals surface area contributed by atoms with Crippen molar-refractivity contribution in [1.29, 1.82) is 0 Å². The molecule has 12 heavy (non-hydrogen) atoms. The quantitative estimate of drug-likeness (QED) is 0.679. The van der Waals surface area contributed by atoms with Gasteiger partial charge in [0.1, 0.15) is 6.04 Å². The molecular weight excluding hydrogens is 154 g/mol. The van der Waals surface area contributed by atoms with E-state index in [1.54, 1.807) is 0 Å². The Hall–Kier alpha value is -0.570. The number of hydrogen-bond donors (Lipinski definition) is 2. The van der Waals surface area contributed by atoms with E-state index in [0.717, 1.165) is 12.8 Å². The minimum atomic E-state index is -0.899. The van der Waals surface area contributed by atoms with Gasteiger partial charge in [0.25, 0.3) is 0 Å². The molecule has 0 aromatic rings. The van der Waals surface area contributed by atoms with Crippen LogP contribution in [0.25, 0.3) is 0 Å². The molecule has 0 aromatic heterocycles. The van der Waals surface area contributed by atoms with Crippen molar-refractivity contribution >= 4 is 5.97 Å². The van der Waals surface area contributed by atoms with Crippen molar-refractivity contribution in [3.63, 3.8) is 0 Å². The van der Waals surface area contributed by atoms with E-state index >= 15 is 0 Å². The summed E-state index contributed by atoms with van der Waals surface area (Å²) in [5.41, 5.74) is 5.62. The maximum atomic E-state index is 10.3. The topological polar surface area (TPSA) is 63.3 Å². The van der Waals surface area contributed by atoms with Crippen molar-refractivity contribution < 1.29 is 9.90 Å². The zero-order valence-corrected chi connectivity index (χ0v) is 8.13. The van der Waals surface area contributed by atoms with Gasteiger partial charge in [0, 0.05) is 0 Å². The molecule has 72 valence electrons. The number of hydrogen-bond acceptors (Lipinski definition) is 2. The van der Waals surface area contributed by atoms with Gasteiger partial charge >= 0.3 is 5.97 Å². The maximum absolute atomic E-state index is 10.3. The lowest BCUT2D eigenvalue weighted by Gasteiger charge is -2.18. The summed E-state index contributed by atoms with van der Waals surface area (Å²) < 4.78 is 0. The minimum Gasteiger partial charge on any atom is -0.480 e. The van der Waals surface area contributed by atoms with E-state index in [4.69, 9.17) is 10.8 Å². The fourth-order valence-corrected chi connectivity index (χ4v) is 0.976. The largest absolute Gasteiger partial charge is 0.480 e. The van der Waals surface area contributed by atoms with Gasteiger partial charge in [0.2, 0.25) is 0 Å². The van der Waals surface area contributed by atoms with Crippen LogP contribution in [0.15, 0.2) is 0 Å². The van der Waals surface area contributed by atoms with Crippen molar-refractivity contribution in [2.75, 3.05) is 0 Å². The molecule has 0 heterocycles. The van der Waals surface area contributed by atoms with E-state index in [1.807, 2.05) is 0 Å². The SMILES string of the molecule is CC(C)(C)CCC[C@@H](N)C(=O)O. The van der Waals surface area contributed by atoms with Gasteiger partial charge in [-0.25, -0.2) is 0 Å². The Kier molecular flexibility index (Phi) is 4.24. The van der Waals surface area contributed by atoms with Gasteiger partial charge < -0.3 is 10.8 Å². The lowest BCUT2D eigenvalue weighted by molar-refractivity contribution is -0.138. The van der Waals surface area contributed by atoms with Gasteiger partial charge in [0.15, 0.2) is 0 Å². The summed E-state index contributed by atoms with van der Waals surface area (Å²) in [5.74, 6) is -0.899. The predicted molar refractivity (Wildman–Crippen MR) is 48.9 cm³/mol. The van der Waals surface area contributed by atoms with Crippen LogP contribution in [0.2, 0.25) is 0 Å². The van der Waals surface area contributed by atoms with Crippen LogP contribution in [0.3, 0.4) is 0 Å². The van der Waals surface area contributed by atoms with Crippen molar-refractivity contribution in [2.24, 2.45) is 11.1 Å². The van der Waals surface area contributed by atoms with Gasteiger partial charge in [-0.3, -0.25) is 4.79 Å². The Balaban J connectivity index is 3.51. The van der Waals surface area contributed by atoms with Crippen LogP contribution < -0.4 is 5.73 Å². The van der Waals surface area contributed by atoms with Crippen LogP contribution in [0.5, 0.6) is 0 Å². The van der Waals surface area contributed by atoms with Crippen molar-refractivity contribution in [3.05, 3.63) is 0 Å². The molecule has 3 nitrogen and oxygen atoms in total. The lowest BCUT2D eigenvalue weighted by Crippen LogP contribution is -2.30. The van der Waals surface area contributed by atoms with Gasteiger partial charge in [-0.1, -0.05) is 27.2 Å². The monoisotopic (exact) mass is 173 g/mol. The average molecular weight is 173 g/mol. The highest BCUT2D eigenvalue weighted by Gasteiger charge is 2.14. The second-order valence-corrected chi connectivity index (χ2v) is 4.40. The molecule has 0 aliphatic carbocycles. The molecule has 3 N–H and O–H groups in total. The number of carboxylic acids is 1. The lowest BCUT2D eigenvalue weighted by atomic mass is 9.89. The minimum absolute atomic E-state index is 0.276. The fraction of sp³-hybridized carbons (Fsp3) is 0.889. The zero-order valence-electron chi connectivity index (χ0n) is 8.13. The van der Waals surface area contributed by atoms with E-state index < -0.39 is 12.0 Å². The maximum Gasteiger partial charge on any atom is 0.320 e. The fourth-order valence-electron chi connectivity index (χ4n) is 0.976. The molecule has 0 saturated heterocycles. The highest BCUT2D eigenvalue weighted by molar-refractivity contribution is 5.72. The van der Waals surface area contributed by atoms with Crippen molar-refractivity contribution in [3.8, 4) is 0 Å². The van der Waals surface area contributed by atoms with Gasteiger partial charge in [-0.05, 0) is 18.3 Å². The third kappa shape index (κ3) is 6.16. The number of nitrogens with two attached hydrogens (primary N) is 1. The summed E-state index contributed by atoms with van der Waals surface area (Å²) in [4.78, 5) is 10.3. The van der Waals surface area contributed by atoms with E-state index in [0.29, 0.717) is 6.42 Å². The van der Waals surface area contributed by atoms with Gasteiger partial charge in [0.05, 0.1) is 0 Å². The third-order valence-electron chi connectivity index (χ3n) is 1.76. The average Bonchev–Trinajstić information content (AvgIpc) is 1.84. The second-order valence-electron chi connectivity index (χ2n) is 4.40. The van der Waals surface area contributed by atoms with E-state index in [1.165, 1.54) is 0 Å². The highest BCUT2D eigenvalue weighted by Crippen LogP contribution is 2.21. The summed E-state index contributed by atoms with van der Waals surface area (Å²) in [7, 11) is 0. The highest BCUT2D eigenvalue weighted by atomic mass is 16.4. The molecule has 0 aromatic carbocycles. The molecule has 0 fully saturated rings. The van der Waals surface area contributed by atoms with E-state index in [2.05, 4.69) is 20.8 Å². The molecule has 1 atom stereocenters. The summed E-state index contributed by atoms with van der Waals surface area (Å²) in [6.07, 6.45) is 2.48. The Labute approximate surface area is 74.0 Å². The van der Waals surface area contributed by atoms with Gasteiger partial charge in [-0.2, -0.15) is 0 Å². The molecular formula is C9H19NO2. The van der Waals surface area contributed by atoms with Crippen LogP contribution in [-0.4, -0.2) is 17.1 Å². The first-order valence-corrected chi connectivity index (χ1v) is 4.31. The number of carbonyl (C=O) groups is 1. The summed E-state index contributed by atoms with van der Waals surface area (Å²) in [6, 6.07) is -0.688. The molecule has 0 amide bonds. The van der Waals surface area contributed by atoms with Crippen molar-refractivity contribution in [1.82, 2.24) is 0 Å². The molecule has 0 aliphatic heterocycles. The Morgan fingerprint density at radius 1 is 1.50 bits per heavy atom. The molecule has 0 saturated carbocycles. The van der Waals surface area contributed by atoms with Crippen LogP contribution in [0, 0.1) is 5.41 Å².